The Morgan fingerprint density at radius 2 is 2.40 bits per heavy atom. The molecule has 0 saturated carbocycles. The second-order valence-electron chi connectivity index (χ2n) is 1.55. The molecule has 1 N–H and O–H groups in total. The maximum absolute atomic E-state index is 10.5. The van der Waals surface area contributed by atoms with Gasteiger partial charge in [0.1, 0.15) is 0 Å². The van der Waals surface area contributed by atoms with Crippen molar-refractivity contribution in [1.82, 2.24) is 4.98 Å². The van der Waals surface area contributed by atoms with Crippen LogP contribution in [0.5, 0.6) is 0 Å². The standard InChI is InChI=1S/C7H5NO.Y/c1-2-6-3-4-8-7(9)5-6;/h1-4H,(H,8,9);/q-2;. The van der Waals surface area contributed by atoms with E-state index in [0.29, 0.717) is 5.56 Å². The molecule has 0 fully saturated rings. The van der Waals surface area contributed by atoms with E-state index in [1.54, 1.807) is 6.07 Å². The van der Waals surface area contributed by atoms with Crippen molar-refractivity contribution in [2.75, 3.05) is 0 Å². The molecule has 2 nitrogen and oxygen atoms in total. The van der Waals surface area contributed by atoms with Gasteiger partial charge in [-0.1, -0.05) is 6.20 Å². The molecule has 49 valence electrons. The molecule has 1 rings (SSSR count). The van der Waals surface area contributed by atoms with Crippen LogP contribution in [0.2, 0.25) is 0 Å². The van der Waals surface area contributed by atoms with E-state index in [1.807, 2.05) is 0 Å². The first-order chi connectivity index (χ1) is 4.33. The molecular weight excluding hydrogens is 203 g/mol. The number of pyridine rings is 1. The Morgan fingerprint density at radius 3 is 2.80 bits per heavy atom. The van der Waals surface area contributed by atoms with Crippen molar-refractivity contribution in [2.45, 2.75) is 0 Å². The molecule has 0 aliphatic heterocycles. The summed E-state index contributed by atoms with van der Waals surface area (Å²) in [7, 11) is 0. The fourth-order valence-corrected chi connectivity index (χ4v) is 0.513. The fraction of sp³-hybridized carbons (Fsp3) is 0. The Kier molecular flexibility index (Phi) is 4.49. The summed E-state index contributed by atoms with van der Waals surface area (Å²) in [6.07, 6.45) is 2.85. The van der Waals surface area contributed by atoms with E-state index in [-0.39, 0.29) is 38.3 Å². The van der Waals surface area contributed by atoms with Gasteiger partial charge in [0.25, 0.3) is 0 Å². The first kappa shape index (κ1) is 9.79. The Morgan fingerprint density at radius 1 is 1.70 bits per heavy atom. The largest absolute Gasteiger partial charge is 0.361 e. The van der Waals surface area contributed by atoms with Gasteiger partial charge in [-0.2, -0.15) is 0 Å². The van der Waals surface area contributed by atoms with Gasteiger partial charge < -0.3 is 23.2 Å². The summed E-state index contributed by atoms with van der Waals surface area (Å²) in [4.78, 5) is 12.9. The number of nitrogens with one attached hydrogen (secondary N) is 1. The van der Waals surface area contributed by atoms with Crippen LogP contribution < -0.4 is 5.56 Å². The Labute approximate surface area is 84.2 Å². The van der Waals surface area contributed by atoms with Gasteiger partial charge in [-0.05, 0) is 0 Å². The summed E-state index contributed by atoms with van der Waals surface area (Å²) in [5, 5.41) is 0. The predicted molar refractivity (Wildman–Crippen MR) is 34.7 cm³/mol. The van der Waals surface area contributed by atoms with Gasteiger partial charge in [-0.15, -0.1) is 0 Å². The van der Waals surface area contributed by atoms with Crippen LogP contribution in [0.15, 0.2) is 17.1 Å². The van der Waals surface area contributed by atoms with Crippen molar-refractivity contribution in [3.05, 3.63) is 40.8 Å². The van der Waals surface area contributed by atoms with Crippen LogP contribution in [-0.4, -0.2) is 4.98 Å². The summed E-state index contributed by atoms with van der Waals surface area (Å²) < 4.78 is 0. The summed E-state index contributed by atoms with van der Waals surface area (Å²) in [6, 6.07) is 4.13. The summed E-state index contributed by atoms with van der Waals surface area (Å²) in [5.74, 6) is 0. The molecule has 0 amide bonds. The summed E-state index contributed by atoms with van der Waals surface area (Å²) >= 11 is 0. The molecule has 0 unspecified atom stereocenters. The maximum atomic E-state index is 10.5. The molecule has 10 heavy (non-hydrogen) atoms. The number of hydrogen-bond acceptors (Lipinski definition) is 1. The van der Waals surface area contributed by atoms with Crippen molar-refractivity contribution >= 4 is 6.08 Å². The minimum absolute atomic E-state index is 0. The molecular formula is C7H5NOY-2. The third kappa shape index (κ3) is 2.59. The number of aromatic nitrogens is 1. The zero-order chi connectivity index (χ0) is 6.69. The molecule has 1 radical (unpaired) electrons. The second kappa shape index (κ2) is 4.58. The van der Waals surface area contributed by atoms with Gasteiger partial charge in [-0.25, -0.2) is 12.1 Å². The third-order valence-corrected chi connectivity index (χ3v) is 0.915. The van der Waals surface area contributed by atoms with Crippen molar-refractivity contribution in [3.8, 4) is 0 Å². The predicted octanol–water partition coefficient (Wildman–Crippen LogP) is 0.619. The van der Waals surface area contributed by atoms with Crippen LogP contribution in [0.4, 0.5) is 0 Å². The molecule has 0 aromatic carbocycles. The minimum atomic E-state index is -0.255. The van der Waals surface area contributed by atoms with E-state index < -0.39 is 0 Å². The molecule has 1 aromatic heterocycles. The second-order valence-corrected chi connectivity index (χ2v) is 1.55. The van der Waals surface area contributed by atoms with Crippen molar-refractivity contribution in [3.63, 3.8) is 0 Å². The van der Waals surface area contributed by atoms with E-state index in [9.17, 15) is 4.79 Å². The first-order valence-corrected chi connectivity index (χ1v) is 2.49. The van der Waals surface area contributed by atoms with Crippen molar-refractivity contribution in [2.24, 2.45) is 0 Å². The molecule has 1 aromatic rings. The number of rotatable bonds is 1. The minimum Gasteiger partial charge on any atom is -0.361 e. The van der Waals surface area contributed by atoms with Crippen LogP contribution in [0.1, 0.15) is 5.56 Å². The van der Waals surface area contributed by atoms with E-state index in [0.717, 1.165) is 0 Å². The van der Waals surface area contributed by atoms with Crippen molar-refractivity contribution < 1.29 is 32.7 Å². The number of hydrogen-bond donors (Lipinski definition) is 1. The number of H-pyrrole nitrogens is 1. The topological polar surface area (TPSA) is 32.9 Å². The molecule has 3 heteroatoms. The van der Waals surface area contributed by atoms with E-state index in [1.165, 1.54) is 12.3 Å². The molecule has 0 aliphatic carbocycles. The van der Waals surface area contributed by atoms with E-state index in [2.05, 4.69) is 11.1 Å². The normalized spacial score (nSPS) is 8.00. The van der Waals surface area contributed by atoms with Gasteiger partial charge in [0.15, 0.2) is 5.56 Å². The Balaban J connectivity index is 0.000000810. The van der Waals surface area contributed by atoms with Gasteiger partial charge in [0, 0.05) is 32.7 Å². The SMILES string of the molecule is [CH-]=Cc1[c-]c(=O)[nH]cc1.[Y]. The number of aromatic amines is 1. The third-order valence-electron chi connectivity index (χ3n) is 0.915. The monoisotopic (exact) mass is 208 g/mol. The van der Waals surface area contributed by atoms with Gasteiger partial charge in [0.2, 0.25) is 0 Å². The maximum Gasteiger partial charge on any atom is 0.169 e. The molecule has 0 saturated heterocycles. The first-order valence-electron chi connectivity index (χ1n) is 2.49. The summed E-state index contributed by atoms with van der Waals surface area (Å²) in [5.41, 5.74) is 0.355. The quantitative estimate of drug-likeness (QED) is 0.674. The van der Waals surface area contributed by atoms with Gasteiger partial charge >= 0.3 is 0 Å². The fourth-order valence-electron chi connectivity index (χ4n) is 0.513. The van der Waals surface area contributed by atoms with E-state index >= 15 is 0 Å². The van der Waals surface area contributed by atoms with Crippen LogP contribution >= 0.6 is 0 Å². The van der Waals surface area contributed by atoms with Crippen LogP contribution in [0.25, 0.3) is 6.08 Å². The molecule has 1 heterocycles. The molecule has 0 atom stereocenters. The summed E-state index contributed by atoms with van der Waals surface area (Å²) in [6.45, 7) is 5.11. The van der Waals surface area contributed by atoms with E-state index in [4.69, 9.17) is 6.58 Å². The Hall–Kier alpha value is -0.206. The smallest absolute Gasteiger partial charge is 0.169 e. The van der Waals surface area contributed by atoms with Crippen molar-refractivity contribution in [1.29, 1.82) is 0 Å². The Bertz CT molecular complexity index is 266. The van der Waals surface area contributed by atoms with Gasteiger partial charge in [0.05, 0.1) is 0 Å². The molecule has 0 bridgehead atoms. The van der Waals surface area contributed by atoms with Crippen LogP contribution in [-0.2, 0) is 32.7 Å². The molecule has 0 aliphatic rings. The zero-order valence-corrected chi connectivity index (χ0v) is 8.13. The van der Waals surface area contributed by atoms with Crippen LogP contribution in [0, 0.1) is 12.6 Å². The van der Waals surface area contributed by atoms with Crippen LogP contribution in [0.3, 0.4) is 0 Å². The zero-order valence-electron chi connectivity index (χ0n) is 5.29. The van der Waals surface area contributed by atoms with Gasteiger partial charge in [-0.3, -0.25) is 4.79 Å². The molecule has 0 spiro atoms. The average molecular weight is 208 g/mol. The average Bonchev–Trinajstić information content (AvgIpc) is 1.88.